The lowest BCUT2D eigenvalue weighted by molar-refractivity contribution is -0.143. The van der Waals surface area contributed by atoms with Crippen LogP contribution in [0.4, 0.5) is 5.69 Å². The third-order valence-corrected chi connectivity index (χ3v) is 5.53. The van der Waals surface area contributed by atoms with Crippen LogP contribution in [0.1, 0.15) is 38.5 Å². The summed E-state index contributed by atoms with van der Waals surface area (Å²) in [5, 5.41) is 12.4. The van der Waals surface area contributed by atoms with Gasteiger partial charge in [-0.3, -0.25) is 14.4 Å². The van der Waals surface area contributed by atoms with Gasteiger partial charge in [-0.25, -0.2) is 0 Å². The van der Waals surface area contributed by atoms with E-state index in [0.717, 1.165) is 19.3 Å². The third kappa shape index (κ3) is 4.23. The van der Waals surface area contributed by atoms with Crippen molar-refractivity contribution in [2.75, 3.05) is 18.6 Å². The minimum absolute atomic E-state index is 0.119. The zero-order valence-electron chi connectivity index (χ0n) is 15.5. The van der Waals surface area contributed by atoms with Gasteiger partial charge >= 0.3 is 5.97 Å². The highest BCUT2D eigenvalue weighted by Gasteiger charge is 2.38. The Morgan fingerprint density at radius 1 is 1.19 bits per heavy atom. The van der Waals surface area contributed by atoms with E-state index in [4.69, 9.17) is 4.74 Å². The van der Waals surface area contributed by atoms with E-state index in [-0.39, 0.29) is 30.8 Å². The van der Waals surface area contributed by atoms with Gasteiger partial charge in [0.1, 0.15) is 5.75 Å². The summed E-state index contributed by atoms with van der Waals surface area (Å²) in [6.45, 7) is 0.273. The summed E-state index contributed by atoms with van der Waals surface area (Å²) in [5.41, 5.74) is 0.651. The fourth-order valence-corrected chi connectivity index (χ4v) is 4.05. The van der Waals surface area contributed by atoms with E-state index in [2.05, 4.69) is 5.32 Å². The molecule has 1 aromatic rings. The lowest BCUT2D eigenvalue weighted by Gasteiger charge is -2.24. The van der Waals surface area contributed by atoms with Crippen LogP contribution in [0, 0.1) is 11.8 Å². The molecule has 2 N–H and O–H groups in total. The van der Waals surface area contributed by atoms with Crippen molar-refractivity contribution in [1.82, 2.24) is 5.32 Å². The Labute approximate surface area is 158 Å². The number of hydrogen-bond acceptors (Lipinski definition) is 4. The molecule has 1 aliphatic carbocycles. The van der Waals surface area contributed by atoms with Gasteiger partial charge in [-0.05, 0) is 25.0 Å². The number of carbonyl (C=O) groups excluding carboxylic acids is 2. The SMILES string of the molecule is COc1ccccc1N1CC(C(=O)N[C@H]2CCCCC[C@H]2C(=O)O)CC1=O. The number of anilines is 1. The third-order valence-electron chi connectivity index (χ3n) is 5.53. The number of carboxylic acids is 1. The van der Waals surface area contributed by atoms with Crippen molar-refractivity contribution < 1.29 is 24.2 Å². The molecule has 0 radical (unpaired) electrons. The van der Waals surface area contributed by atoms with Crippen LogP contribution in [0.5, 0.6) is 5.75 Å². The number of nitrogens with one attached hydrogen (secondary N) is 1. The molecule has 1 unspecified atom stereocenters. The molecule has 2 aliphatic rings. The van der Waals surface area contributed by atoms with E-state index in [1.807, 2.05) is 12.1 Å². The molecular formula is C20H26N2O5. The summed E-state index contributed by atoms with van der Waals surface area (Å²) in [4.78, 5) is 38.4. The number of hydrogen-bond donors (Lipinski definition) is 2. The molecule has 7 nitrogen and oxygen atoms in total. The number of carboxylic acid groups (broad SMARTS) is 1. The highest BCUT2D eigenvalue weighted by atomic mass is 16.5. The largest absolute Gasteiger partial charge is 0.495 e. The molecule has 1 aliphatic heterocycles. The molecule has 1 aromatic carbocycles. The summed E-state index contributed by atoms with van der Waals surface area (Å²) in [6.07, 6.45) is 4.13. The van der Waals surface area contributed by atoms with Crippen LogP contribution in [0.2, 0.25) is 0 Å². The molecule has 2 fully saturated rings. The Hall–Kier alpha value is -2.57. The van der Waals surface area contributed by atoms with E-state index < -0.39 is 17.8 Å². The summed E-state index contributed by atoms with van der Waals surface area (Å²) < 4.78 is 5.32. The summed E-state index contributed by atoms with van der Waals surface area (Å²) in [6, 6.07) is 6.85. The second kappa shape index (κ2) is 8.41. The number of para-hydroxylation sites is 2. The van der Waals surface area contributed by atoms with Crippen molar-refractivity contribution in [2.24, 2.45) is 11.8 Å². The Balaban J connectivity index is 1.69. The van der Waals surface area contributed by atoms with Crippen molar-refractivity contribution in [3.8, 4) is 5.75 Å². The van der Waals surface area contributed by atoms with Crippen molar-refractivity contribution in [3.05, 3.63) is 24.3 Å². The summed E-state index contributed by atoms with van der Waals surface area (Å²) in [5.74, 6) is -1.69. The van der Waals surface area contributed by atoms with E-state index >= 15 is 0 Å². The molecule has 0 bridgehead atoms. The maximum absolute atomic E-state index is 12.8. The first kappa shape index (κ1) is 19.2. The molecule has 3 rings (SSSR count). The Bertz CT molecular complexity index is 720. The van der Waals surface area contributed by atoms with Gasteiger partial charge in [-0.2, -0.15) is 0 Å². The van der Waals surface area contributed by atoms with Crippen LogP contribution >= 0.6 is 0 Å². The Morgan fingerprint density at radius 2 is 1.93 bits per heavy atom. The van der Waals surface area contributed by atoms with Crippen molar-refractivity contribution in [2.45, 2.75) is 44.6 Å². The van der Waals surface area contributed by atoms with Gasteiger partial charge in [0, 0.05) is 19.0 Å². The molecule has 1 heterocycles. The van der Waals surface area contributed by atoms with Gasteiger partial charge in [0.15, 0.2) is 0 Å². The predicted octanol–water partition coefficient (Wildman–Crippen LogP) is 2.20. The van der Waals surface area contributed by atoms with Crippen LogP contribution in [0.25, 0.3) is 0 Å². The molecule has 7 heteroatoms. The monoisotopic (exact) mass is 374 g/mol. The number of rotatable bonds is 5. The number of aliphatic carboxylic acids is 1. The van der Waals surface area contributed by atoms with Crippen LogP contribution in [-0.2, 0) is 14.4 Å². The normalized spacial score (nSPS) is 25.7. The van der Waals surface area contributed by atoms with Gasteiger partial charge in [0.25, 0.3) is 0 Å². The van der Waals surface area contributed by atoms with Crippen LogP contribution < -0.4 is 15.0 Å². The fourth-order valence-electron chi connectivity index (χ4n) is 4.05. The molecule has 0 spiro atoms. The van der Waals surface area contributed by atoms with Gasteiger partial charge in [-0.15, -0.1) is 0 Å². The second-order valence-corrected chi connectivity index (χ2v) is 7.28. The lowest BCUT2D eigenvalue weighted by atomic mass is 9.94. The molecule has 0 aromatic heterocycles. The smallest absolute Gasteiger partial charge is 0.308 e. The summed E-state index contributed by atoms with van der Waals surface area (Å²) in [7, 11) is 1.54. The first-order valence-corrected chi connectivity index (χ1v) is 9.48. The van der Waals surface area contributed by atoms with E-state index in [1.54, 1.807) is 24.1 Å². The standard InChI is InChI=1S/C20H26N2O5/c1-27-17-10-6-5-9-16(17)22-12-13(11-18(22)23)19(24)21-15-8-4-2-3-7-14(15)20(25)26/h5-6,9-10,13-15H,2-4,7-8,11-12H2,1H3,(H,21,24)(H,25,26)/t13?,14-,15+/m1/s1. The zero-order chi connectivity index (χ0) is 19.4. The van der Waals surface area contributed by atoms with Gasteiger partial charge in [0.2, 0.25) is 11.8 Å². The quantitative estimate of drug-likeness (QED) is 0.771. The molecule has 3 atom stereocenters. The van der Waals surface area contributed by atoms with Gasteiger partial charge in [0.05, 0.1) is 24.6 Å². The molecule has 1 saturated heterocycles. The predicted molar refractivity (Wildman–Crippen MR) is 99.6 cm³/mol. The highest BCUT2D eigenvalue weighted by molar-refractivity contribution is 6.01. The molecule has 1 saturated carbocycles. The van der Waals surface area contributed by atoms with E-state index in [1.165, 1.54) is 0 Å². The van der Waals surface area contributed by atoms with Crippen LogP contribution in [0.15, 0.2) is 24.3 Å². The molecule has 2 amide bonds. The minimum atomic E-state index is -0.861. The topological polar surface area (TPSA) is 95.9 Å². The summed E-state index contributed by atoms with van der Waals surface area (Å²) >= 11 is 0. The van der Waals surface area contributed by atoms with Gasteiger partial charge in [-0.1, -0.05) is 31.4 Å². The number of carbonyl (C=O) groups is 3. The van der Waals surface area contributed by atoms with Crippen LogP contribution in [0.3, 0.4) is 0 Å². The Morgan fingerprint density at radius 3 is 2.67 bits per heavy atom. The van der Waals surface area contributed by atoms with E-state index in [9.17, 15) is 19.5 Å². The van der Waals surface area contributed by atoms with Crippen molar-refractivity contribution in [1.29, 1.82) is 0 Å². The van der Waals surface area contributed by atoms with Crippen molar-refractivity contribution in [3.63, 3.8) is 0 Å². The number of amides is 2. The first-order chi connectivity index (χ1) is 13.0. The van der Waals surface area contributed by atoms with Crippen molar-refractivity contribution >= 4 is 23.5 Å². The zero-order valence-corrected chi connectivity index (χ0v) is 15.5. The number of methoxy groups -OCH3 is 1. The first-order valence-electron chi connectivity index (χ1n) is 9.48. The average molecular weight is 374 g/mol. The van der Waals surface area contributed by atoms with Gasteiger partial charge < -0.3 is 20.1 Å². The average Bonchev–Trinajstić information content (AvgIpc) is 2.89. The fraction of sp³-hybridized carbons (Fsp3) is 0.550. The maximum Gasteiger partial charge on any atom is 0.308 e. The number of ether oxygens (including phenoxy) is 1. The lowest BCUT2D eigenvalue weighted by Crippen LogP contribution is -2.45. The van der Waals surface area contributed by atoms with E-state index in [0.29, 0.717) is 24.3 Å². The molecule has 146 valence electrons. The minimum Gasteiger partial charge on any atom is -0.495 e. The second-order valence-electron chi connectivity index (χ2n) is 7.28. The molecule has 27 heavy (non-hydrogen) atoms. The highest BCUT2D eigenvalue weighted by Crippen LogP contribution is 2.33. The maximum atomic E-state index is 12.8. The Kier molecular flexibility index (Phi) is 5.98. The number of benzene rings is 1. The molecular weight excluding hydrogens is 348 g/mol. The van der Waals surface area contributed by atoms with Crippen LogP contribution in [-0.4, -0.2) is 42.6 Å². The number of nitrogens with zero attached hydrogens (tertiary/aromatic N) is 1.